The molecule has 0 spiro atoms. The predicted octanol–water partition coefficient (Wildman–Crippen LogP) is 1.76. The average Bonchev–Trinajstić information content (AvgIpc) is 2.75. The van der Waals surface area contributed by atoms with Gasteiger partial charge in [0.25, 0.3) is 0 Å². The normalized spacial score (nSPS) is 14.2. The highest BCUT2D eigenvalue weighted by atomic mass is 15.3. The zero-order valence-corrected chi connectivity index (χ0v) is 9.98. The van der Waals surface area contributed by atoms with Crippen molar-refractivity contribution in [3.63, 3.8) is 0 Å². The van der Waals surface area contributed by atoms with Crippen LogP contribution in [0.3, 0.4) is 0 Å². The van der Waals surface area contributed by atoms with Gasteiger partial charge in [-0.1, -0.05) is 12.1 Å². The SMILES string of the molecule is Cn1ncnc1Cc1ccc2c(c1)NCCC2. The molecule has 0 fully saturated rings. The number of nitrogens with zero attached hydrogens (tertiary/aromatic N) is 3. The fourth-order valence-electron chi connectivity index (χ4n) is 2.28. The van der Waals surface area contributed by atoms with Gasteiger partial charge in [-0.3, -0.25) is 4.68 Å². The van der Waals surface area contributed by atoms with Gasteiger partial charge in [0.05, 0.1) is 0 Å². The number of hydrogen-bond acceptors (Lipinski definition) is 3. The molecule has 0 saturated carbocycles. The second-order valence-corrected chi connectivity index (χ2v) is 4.50. The van der Waals surface area contributed by atoms with E-state index >= 15 is 0 Å². The van der Waals surface area contributed by atoms with E-state index in [9.17, 15) is 0 Å². The summed E-state index contributed by atoms with van der Waals surface area (Å²) in [7, 11) is 1.93. The van der Waals surface area contributed by atoms with E-state index in [1.165, 1.54) is 29.7 Å². The first kappa shape index (κ1) is 10.3. The summed E-state index contributed by atoms with van der Waals surface area (Å²) in [5.41, 5.74) is 4.00. The Morgan fingerprint density at radius 1 is 1.41 bits per heavy atom. The molecule has 3 rings (SSSR count). The number of nitrogens with one attached hydrogen (secondary N) is 1. The third-order valence-corrected chi connectivity index (χ3v) is 3.28. The Hall–Kier alpha value is -1.84. The van der Waals surface area contributed by atoms with E-state index in [1.54, 1.807) is 6.33 Å². The first-order valence-corrected chi connectivity index (χ1v) is 6.01. The first-order chi connectivity index (χ1) is 8.33. The van der Waals surface area contributed by atoms with E-state index in [2.05, 4.69) is 33.6 Å². The zero-order valence-electron chi connectivity index (χ0n) is 9.98. The highest BCUT2D eigenvalue weighted by Crippen LogP contribution is 2.23. The van der Waals surface area contributed by atoms with Crippen molar-refractivity contribution in [2.24, 2.45) is 7.05 Å². The fourth-order valence-corrected chi connectivity index (χ4v) is 2.28. The molecule has 1 aliphatic heterocycles. The smallest absolute Gasteiger partial charge is 0.138 e. The van der Waals surface area contributed by atoms with Crippen LogP contribution in [0.2, 0.25) is 0 Å². The number of rotatable bonds is 2. The van der Waals surface area contributed by atoms with Crippen molar-refractivity contribution in [3.05, 3.63) is 41.5 Å². The number of benzene rings is 1. The molecule has 0 atom stereocenters. The summed E-state index contributed by atoms with van der Waals surface area (Å²) < 4.78 is 1.83. The lowest BCUT2D eigenvalue weighted by molar-refractivity contribution is 0.716. The van der Waals surface area contributed by atoms with Crippen molar-refractivity contribution in [2.75, 3.05) is 11.9 Å². The largest absolute Gasteiger partial charge is 0.385 e. The summed E-state index contributed by atoms with van der Waals surface area (Å²) in [6, 6.07) is 6.66. The van der Waals surface area contributed by atoms with E-state index in [4.69, 9.17) is 0 Å². The number of fused-ring (bicyclic) bond motifs is 1. The maximum Gasteiger partial charge on any atom is 0.138 e. The molecule has 0 aliphatic carbocycles. The number of hydrogen-bond donors (Lipinski definition) is 1. The van der Waals surface area contributed by atoms with Crippen molar-refractivity contribution < 1.29 is 0 Å². The molecule has 0 radical (unpaired) electrons. The first-order valence-electron chi connectivity index (χ1n) is 6.01. The van der Waals surface area contributed by atoms with Gasteiger partial charge in [-0.25, -0.2) is 4.98 Å². The van der Waals surface area contributed by atoms with E-state index in [0.29, 0.717) is 0 Å². The molecule has 4 nitrogen and oxygen atoms in total. The van der Waals surface area contributed by atoms with Crippen molar-refractivity contribution in [1.82, 2.24) is 14.8 Å². The molecule has 2 heterocycles. The molecule has 1 aliphatic rings. The maximum absolute atomic E-state index is 4.25. The highest BCUT2D eigenvalue weighted by molar-refractivity contribution is 5.55. The van der Waals surface area contributed by atoms with E-state index in [-0.39, 0.29) is 0 Å². The number of aryl methyl sites for hydroxylation is 2. The molecule has 1 aromatic carbocycles. The van der Waals surface area contributed by atoms with Gasteiger partial charge in [0, 0.05) is 25.7 Å². The summed E-state index contributed by atoms with van der Waals surface area (Å²) in [6.45, 7) is 1.08. The maximum atomic E-state index is 4.25. The van der Waals surface area contributed by atoms with Crippen LogP contribution in [0.5, 0.6) is 0 Å². The van der Waals surface area contributed by atoms with Crippen LogP contribution >= 0.6 is 0 Å². The molecule has 1 aromatic heterocycles. The van der Waals surface area contributed by atoms with Gasteiger partial charge in [0.1, 0.15) is 12.2 Å². The Morgan fingerprint density at radius 3 is 3.18 bits per heavy atom. The van der Waals surface area contributed by atoms with E-state index in [1.807, 2.05) is 11.7 Å². The summed E-state index contributed by atoms with van der Waals surface area (Å²) in [4.78, 5) is 4.25. The molecule has 1 N–H and O–H groups in total. The van der Waals surface area contributed by atoms with Gasteiger partial charge in [-0.2, -0.15) is 5.10 Å². The summed E-state index contributed by atoms with van der Waals surface area (Å²) in [5, 5.41) is 7.54. The second-order valence-electron chi connectivity index (χ2n) is 4.50. The molecule has 0 unspecified atom stereocenters. The molecule has 4 heteroatoms. The Bertz CT molecular complexity index is 530. The standard InChI is InChI=1S/C13H16N4/c1-17-13(15-9-16-17)8-10-4-5-11-3-2-6-14-12(11)7-10/h4-5,7,9,14H,2-3,6,8H2,1H3. The zero-order chi connectivity index (χ0) is 11.7. The molecule has 0 amide bonds. The topological polar surface area (TPSA) is 42.7 Å². The van der Waals surface area contributed by atoms with E-state index < -0.39 is 0 Å². The lowest BCUT2D eigenvalue weighted by atomic mass is 10.00. The monoisotopic (exact) mass is 228 g/mol. The minimum Gasteiger partial charge on any atom is -0.385 e. The fraction of sp³-hybridized carbons (Fsp3) is 0.385. The van der Waals surface area contributed by atoms with Crippen molar-refractivity contribution in [1.29, 1.82) is 0 Å². The van der Waals surface area contributed by atoms with Crippen molar-refractivity contribution in [2.45, 2.75) is 19.3 Å². The Labute approximate surface area is 101 Å². The Balaban J connectivity index is 1.87. The number of anilines is 1. The van der Waals surface area contributed by atoms with Crippen LogP contribution in [-0.4, -0.2) is 21.3 Å². The van der Waals surface area contributed by atoms with Crippen molar-refractivity contribution in [3.8, 4) is 0 Å². The van der Waals surface area contributed by atoms with Crippen LogP contribution in [0.15, 0.2) is 24.5 Å². The van der Waals surface area contributed by atoms with Crippen LogP contribution in [0.1, 0.15) is 23.4 Å². The summed E-state index contributed by atoms with van der Waals surface area (Å²) in [5.74, 6) is 1.00. The molecule has 88 valence electrons. The van der Waals surface area contributed by atoms with Crippen LogP contribution in [0.4, 0.5) is 5.69 Å². The van der Waals surface area contributed by atoms with Crippen LogP contribution in [0, 0.1) is 0 Å². The average molecular weight is 228 g/mol. The molecule has 0 bridgehead atoms. The minimum absolute atomic E-state index is 0.839. The lowest BCUT2D eigenvalue weighted by Crippen LogP contribution is -2.12. The summed E-state index contributed by atoms with van der Waals surface area (Å²) in [6.07, 6.45) is 4.86. The third-order valence-electron chi connectivity index (χ3n) is 3.28. The lowest BCUT2D eigenvalue weighted by Gasteiger charge is -2.18. The quantitative estimate of drug-likeness (QED) is 0.851. The third kappa shape index (κ3) is 2.02. The molecular formula is C13H16N4. The van der Waals surface area contributed by atoms with Gasteiger partial charge in [0.15, 0.2) is 0 Å². The van der Waals surface area contributed by atoms with Gasteiger partial charge < -0.3 is 5.32 Å². The molecule has 2 aromatic rings. The minimum atomic E-state index is 0.839. The Morgan fingerprint density at radius 2 is 2.35 bits per heavy atom. The van der Waals surface area contributed by atoms with Crippen LogP contribution in [0.25, 0.3) is 0 Å². The van der Waals surface area contributed by atoms with E-state index in [0.717, 1.165) is 18.8 Å². The predicted molar refractivity (Wildman–Crippen MR) is 67.1 cm³/mol. The molecule has 0 saturated heterocycles. The van der Waals surface area contributed by atoms with Gasteiger partial charge >= 0.3 is 0 Å². The highest BCUT2D eigenvalue weighted by Gasteiger charge is 2.10. The van der Waals surface area contributed by atoms with Crippen LogP contribution < -0.4 is 5.32 Å². The summed E-state index contributed by atoms with van der Waals surface area (Å²) >= 11 is 0. The van der Waals surface area contributed by atoms with Gasteiger partial charge in [-0.15, -0.1) is 0 Å². The van der Waals surface area contributed by atoms with Crippen LogP contribution in [-0.2, 0) is 19.9 Å². The second kappa shape index (κ2) is 4.20. The molecule has 17 heavy (non-hydrogen) atoms. The van der Waals surface area contributed by atoms with Gasteiger partial charge in [-0.05, 0) is 30.0 Å². The Kier molecular flexibility index (Phi) is 2.55. The van der Waals surface area contributed by atoms with Crippen molar-refractivity contribution >= 4 is 5.69 Å². The van der Waals surface area contributed by atoms with Gasteiger partial charge in [0.2, 0.25) is 0 Å². The molecular weight excluding hydrogens is 212 g/mol. The number of aromatic nitrogens is 3.